The summed E-state index contributed by atoms with van der Waals surface area (Å²) in [5.74, 6) is 1.93. The number of amides is 1. The number of hydrogen-bond donors (Lipinski definition) is 0. The second kappa shape index (κ2) is 8.42. The molecular weight excluding hydrogens is 274 g/mol. The quantitative estimate of drug-likeness (QED) is 0.662. The van der Waals surface area contributed by atoms with Gasteiger partial charge in [0, 0.05) is 13.0 Å². The number of carbonyl (C=O) groups excluding carboxylic acids is 1. The molecular formula is C19H25NO2. The number of benzene rings is 1. The Labute approximate surface area is 132 Å². The molecule has 0 bridgehead atoms. The lowest BCUT2D eigenvalue weighted by Crippen LogP contribution is -2.29. The van der Waals surface area contributed by atoms with E-state index in [0.29, 0.717) is 19.5 Å². The maximum absolute atomic E-state index is 12.5. The lowest BCUT2D eigenvalue weighted by atomic mass is 10.1. The molecule has 1 aromatic carbocycles. The van der Waals surface area contributed by atoms with E-state index in [2.05, 4.69) is 19.1 Å². The van der Waals surface area contributed by atoms with Crippen molar-refractivity contribution < 1.29 is 9.21 Å². The minimum absolute atomic E-state index is 0.200. The number of unbranched alkanes of at least 4 members (excludes halogenated alkanes) is 2. The first-order chi connectivity index (χ1) is 10.7. The summed E-state index contributed by atoms with van der Waals surface area (Å²) in [5.41, 5.74) is 1.15. The lowest BCUT2D eigenvalue weighted by molar-refractivity contribution is -0.132. The van der Waals surface area contributed by atoms with Gasteiger partial charge in [-0.05, 0) is 31.0 Å². The predicted molar refractivity (Wildman–Crippen MR) is 88.3 cm³/mol. The summed E-state index contributed by atoms with van der Waals surface area (Å²) in [6.07, 6.45) is 3.80. The Morgan fingerprint density at radius 1 is 1.05 bits per heavy atom. The Balaban J connectivity index is 2.04. The molecule has 0 atom stereocenters. The molecule has 2 rings (SSSR count). The van der Waals surface area contributed by atoms with Crippen molar-refractivity contribution in [2.45, 2.75) is 52.6 Å². The molecule has 0 radical (unpaired) electrons. The molecule has 3 heteroatoms. The third-order valence-electron chi connectivity index (χ3n) is 3.71. The summed E-state index contributed by atoms with van der Waals surface area (Å²) in [6.45, 7) is 5.24. The van der Waals surface area contributed by atoms with Crippen LogP contribution in [0.3, 0.4) is 0 Å². The molecule has 3 nitrogen and oxygen atoms in total. The number of aryl methyl sites for hydroxylation is 1. The lowest BCUT2D eigenvalue weighted by Gasteiger charge is -2.22. The van der Waals surface area contributed by atoms with Gasteiger partial charge in [-0.15, -0.1) is 0 Å². The zero-order valence-electron chi connectivity index (χ0n) is 13.5. The van der Waals surface area contributed by atoms with Gasteiger partial charge in [-0.1, -0.05) is 50.1 Å². The van der Waals surface area contributed by atoms with Gasteiger partial charge < -0.3 is 9.32 Å². The van der Waals surface area contributed by atoms with Crippen molar-refractivity contribution in [3.63, 3.8) is 0 Å². The van der Waals surface area contributed by atoms with E-state index in [0.717, 1.165) is 36.3 Å². The molecule has 2 aromatic rings. The zero-order chi connectivity index (χ0) is 15.8. The molecule has 0 saturated heterocycles. The van der Waals surface area contributed by atoms with Crippen molar-refractivity contribution in [3.05, 3.63) is 59.5 Å². The first-order valence-corrected chi connectivity index (χ1v) is 8.06. The van der Waals surface area contributed by atoms with Gasteiger partial charge in [0.15, 0.2) is 0 Å². The SMILES string of the molecule is CCCCCC(=O)N(Cc1ccccc1)Cc1ccc(C)o1. The summed E-state index contributed by atoms with van der Waals surface area (Å²) in [5, 5.41) is 0. The van der Waals surface area contributed by atoms with Crippen molar-refractivity contribution in [2.24, 2.45) is 0 Å². The fourth-order valence-electron chi connectivity index (χ4n) is 2.48. The Kier molecular flexibility index (Phi) is 6.26. The molecule has 0 N–H and O–H groups in total. The Bertz CT molecular complexity index is 574. The number of furan rings is 1. The second-order valence-corrected chi connectivity index (χ2v) is 5.70. The minimum Gasteiger partial charge on any atom is -0.464 e. The van der Waals surface area contributed by atoms with Crippen LogP contribution >= 0.6 is 0 Å². The fourth-order valence-corrected chi connectivity index (χ4v) is 2.48. The van der Waals surface area contributed by atoms with Crippen LogP contribution in [0.2, 0.25) is 0 Å². The van der Waals surface area contributed by atoms with E-state index in [1.807, 2.05) is 42.2 Å². The molecule has 1 aromatic heterocycles. The molecule has 118 valence electrons. The smallest absolute Gasteiger partial charge is 0.223 e. The third-order valence-corrected chi connectivity index (χ3v) is 3.71. The zero-order valence-corrected chi connectivity index (χ0v) is 13.5. The van der Waals surface area contributed by atoms with Crippen LogP contribution in [0.4, 0.5) is 0 Å². The van der Waals surface area contributed by atoms with E-state index in [1.165, 1.54) is 0 Å². The van der Waals surface area contributed by atoms with Crippen LogP contribution in [0.5, 0.6) is 0 Å². The number of hydrogen-bond acceptors (Lipinski definition) is 2. The van der Waals surface area contributed by atoms with E-state index in [9.17, 15) is 4.79 Å². The first kappa shape index (κ1) is 16.3. The van der Waals surface area contributed by atoms with Crippen LogP contribution < -0.4 is 0 Å². The minimum atomic E-state index is 0.200. The van der Waals surface area contributed by atoms with Crippen LogP contribution in [0.15, 0.2) is 46.9 Å². The maximum atomic E-state index is 12.5. The number of carbonyl (C=O) groups is 1. The van der Waals surface area contributed by atoms with Crippen molar-refractivity contribution in [1.29, 1.82) is 0 Å². The molecule has 0 spiro atoms. The molecule has 0 aliphatic rings. The van der Waals surface area contributed by atoms with Crippen LogP contribution in [0, 0.1) is 6.92 Å². The van der Waals surface area contributed by atoms with Gasteiger partial charge in [0.05, 0.1) is 6.54 Å². The van der Waals surface area contributed by atoms with Gasteiger partial charge in [0.2, 0.25) is 5.91 Å². The molecule has 0 aliphatic carbocycles. The molecule has 22 heavy (non-hydrogen) atoms. The standard InChI is InChI=1S/C19H25NO2/c1-3-4-6-11-19(21)20(14-17-9-7-5-8-10-17)15-18-13-12-16(2)22-18/h5,7-10,12-13H,3-4,6,11,14-15H2,1-2H3. The summed E-state index contributed by atoms with van der Waals surface area (Å²) < 4.78 is 5.63. The van der Waals surface area contributed by atoms with Crippen molar-refractivity contribution in [1.82, 2.24) is 4.90 Å². The highest BCUT2D eigenvalue weighted by atomic mass is 16.3. The molecule has 0 saturated carbocycles. The summed E-state index contributed by atoms with van der Waals surface area (Å²) in [7, 11) is 0. The van der Waals surface area contributed by atoms with Gasteiger partial charge >= 0.3 is 0 Å². The van der Waals surface area contributed by atoms with Gasteiger partial charge in [0.1, 0.15) is 11.5 Å². The van der Waals surface area contributed by atoms with Crippen molar-refractivity contribution in [2.75, 3.05) is 0 Å². The Hall–Kier alpha value is -2.03. The van der Waals surface area contributed by atoms with E-state index in [4.69, 9.17) is 4.42 Å². The number of nitrogens with zero attached hydrogens (tertiary/aromatic N) is 1. The average molecular weight is 299 g/mol. The van der Waals surface area contributed by atoms with Crippen LogP contribution in [-0.4, -0.2) is 10.8 Å². The van der Waals surface area contributed by atoms with Crippen LogP contribution in [0.1, 0.15) is 49.7 Å². The number of rotatable bonds is 8. The summed E-state index contributed by atoms with van der Waals surface area (Å²) in [6, 6.07) is 14.0. The van der Waals surface area contributed by atoms with E-state index in [-0.39, 0.29) is 5.91 Å². The van der Waals surface area contributed by atoms with Crippen molar-refractivity contribution >= 4 is 5.91 Å². The van der Waals surface area contributed by atoms with Gasteiger partial charge in [0.25, 0.3) is 0 Å². The fraction of sp³-hybridized carbons (Fsp3) is 0.421. The largest absolute Gasteiger partial charge is 0.464 e. The average Bonchev–Trinajstić information content (AvgIpc) is 2.93. The van der Waals surface area contributed by atoms with Gasteiger partial charge in [-0.2, -0.15) is 0 Å². The van der Waals surface area contributed by atoms with E-state index < -0.39 is 0 Å². The highest BCUT2D eigenvalue weighted by molar-refractivity contribution is 5.76. The first-order valence-electron chi connectivity index (χ1n) is 8.06. The molecule has 0 aliphatic heterocycles. The normalized spacial score (nSPS) is 10.6. The van der Waals surface area contributed by atoms with Crippen LogP contribution in [0.25, 0.3) is 0 Å². The predicted octanol–water partition coefficient (Wildman–Crippen LogP) is 4.70. The Morgan fingerprint density at radius 3 is 2.45 bits per heavy atom. The topological polar surface area (TPSA) is 33.5 Å². The third kappa shape index (κ3) is 5.06. The van der Waals surface area contributed by atoms with E-state index >= 15 is 0 Å². The summed E-state index contributed by atoms with van der Waals surface area (Å²) in [4.78, 5) is 14.4. The molecule has 1 amide bonds. The van der Waals surface area contributed by atoms with Gasteiger partial charge in [-0.3, -0.25) is 4.79 Å². The monoisotopic (exact) mass is 299 g/mol. The molecule has 0 fully saturated rings. The van der Waals surface area contributed by atoms with Crippen molar-refractivity contribution in [3.8, 4) is 0 Å². The highest BCUT2D eigenvalue weighted by Gasteiger charge is 2.15. The van der Waals surface area contributed by atoms with E-state index in [1.54, 1.807) is 0 Å². The van der Waals surface area contributed by atoms with Gasteiger partial charge in [-0.25, -0.2) is 0 Å². The Morgan fingerprint density at radius 2 is 1.82 bits per heavy atom. The summed E-state index contributed by atoms with van der Waals surface area (Å²) >= 11 is 0. The molecule has 0 unspecified atom stereocenters. The molecule has 1 heterocycles. The second-order valence-electron chi connectivity index (χ2n) is 5.70. The van der Waals surface area contributed by atoms with Crippen LogP contribution in [-0.2, 0) is 17.9 Å². The maximum Gasteiger partial charge on any atom is 0.223 e. The highest BCUT2D eigenvalue weighted by Crippen LogP contribution is 2.15.